The van der Waals surface area contributed by atoms with Gasteiger partial charge in [-0.25, -0.2) is 0 Å². The van der Waals surface area contributed by atoms with E-state index >= 15 is 0 Å². The number of nitrogens with two attached hydrogens (primary N) is 1. The van der Waals surface area contributed by atoms with Gasteiger partial charge in [-0.2, -0.15) is 0 Å². The second kappa shape index (κ2) is 3.75. The fraction of sp³-hybridized carbons (Fsp3) is 0.571. The van der Waals surface area contributed by atoms with Gasteiger partial charge in [0.15, 0.2) is 0 Å². The normalized spacial score (nSPS) is 22.9. The van der Waals surface area contributed by atoms with Gasteiger partial charge in [-0.15, -0.1) is 0 Å². The second-order valence-corrected chi connectivity index (χ2v) is 5.76. The zero-order valence-electron chi connectivity index (χ0n) is 9.51. The Labute approximate surface area is 102 Å². The van der Waals surface area contributed by atoms with Crippen LogP contribution in [0.2, 0.25) is 5.02 Å². The molecular formula is C14H18ClN. The first kappa shape index (κ1) is 10.6. The van der Waals surface area contributed by atoms with Gasteiger partial charge >= 0.3 is 0 Å². The molecule has 0 atom stereocenters. The van der Waals surface area contributed by atoms with Crippen molar-refractivity contribution in [2.45, 2.75) is 43.4 Å². The fourth-order valence-corrected chi connectivity index (χ4v) is 3.13. The lowest BCUT2D eigenvalue weighted by molar-refractivity contribution is 0.253. The average molecular weight is 236 g/mol. The summed E-state index contributed by atoms with van der Waals surface area (Å²) in [6.07, 6.45) is 6.37. The van der Waals surface area contributed by atoms with Crippen LogP contribution in [-0.4, -0.2) is 6.54 Å². The van der Waals surface area contributed by atoms with Crippen molar-refractivity contribution < 1.29 is 0 Å². The van der Waals surface area contributed by atoms with E-state index in [1.807, 2.05) is 0 Å². The van der Waals surface area contributed by atoms with Gasteiger partial charge in [-0.05, 0) is 48.8 Å². The highest BCUT2D eigenvalue weighted by Crippen LogP contribution is 2.47. The minimum absolute atomic E-state index is 0.242. The van der Waals surface area contributed by atoms with Gasteiger partial charge in [-0.3, -0.25) is 0 Å². The van der Waals surface area contributed by atoms with Crippen LogP contribution in [-0.2, 0) is 5.41 Å². The molecule has 16 heavy (non-hydrogen) atoms. The molecule has 0 heterocycles. The van der Waals surface area contributed by atoms with E-state index in [2.05, 4.69) is 18.2 Å². The molecule has 2 fully saturated rings. The molecule has 0 amide bonds. The van der Waals surface area contributed by atoms with E-state index in [-0.39, 0.29) is 5.41 Å². The molecule has 2 N–H and O–H groups in total. The molecular weight excluding hydrogens is 218 g/mol. The minimum Gasteiger partial charge on any atom is -0.330 e. The van der Waals surface area contributed by atoms with Crippen LogP contribution in [0.5, 0.6) is 0 Å². The summed E-state index contributed by atoms with van der Waals surface area (Å²) in [5, 5.41) is 0.958. The van der Waals surface area contributed by atoms with Crippen molar-refractivity contribution in [3.63, 3.8) is 0 Å². The Morgan fingerprint density at radius 1 is 1.31 bits per heavy atom. The largest absolute Gasteiger partial charge is 0.330 e. The van der Waals surface area contributed by atoms with E-state index in [9.17, 15) is 0 Å². The van der Waals surface area contributed by atoms with Crippen molar-refractivity contribution in [2.75, 3.05) is 6.54 Å². The van der Waals surface area contributed by atoms with Gasteiger partial charge in [0.25, 0.3) is 0 Å². The average Bonchev–Trinajstić information content (AvgIpc) is 3.01. The van der Waals surface area contributed by atoms with Crippen molar-refractivity contribution in [2.24, 2.45) is 5.73 Å². The number of hydrogen-bond acceptors (Lipinski definition) is 1. The summed E-state index contributed by atoms with van der Waals surface area (Å²) in [5.74, 6) is 0.733. The second-order valence-electron chi connectivity index (χ2n) is 5.35. The molecule has 2 heteroatoms. The van der Waals surface area contributed by atoms with Crippen molar-refractivity contribution in [1.82, 2.24) is 0 Å². The highest BCUT2D eigenvalue weighted by molar-refractivity contribution is 6.31. The van der Waals surface area contributed by atoms with Crippen LogP contribution in [0.15, 0.2) is 18.2 Å². The molecule has 0 aromatic heterocycles. The monoisotopic (exact) mass is 235 g/mol. The number of halogens is 1. The summed E-state index contributed by atoms with van der Waals surface area (Å²) in [6, 6.07) is 6.65. The maximum atomic E-state index is 6.37. The van der Waals surface area contributed by atoms with Crippen LogP contribution in [0, 0.1) is 0 Å². The SMILES string of the molecule is NCC1(c2ccc(C3CC3)c(Cl)c2)CCC1. The number of rotatable bonds is 3. The highest BCUT2D eigenvalue weighted by Gasteiger charge is 2.38. The van der Waals surface area contributed by atoms with Crippen molar-refractivity contribution in [3.05, 3.63) is 34.3 Å². The van der Waals surface area contributed by atoms with Crippen LogP contribution in [0.25, 0.3) is 0 Å². The standard InChI is InChI=1S/C14H18ClN/c15-13-8-11(14(9-16)6-1-7-14)4-5-12(13)10-2-3-10/h4-5,8,10H,1-3,6-7,9,16H2. The summed E-state index contributed by atoms with van der Waals surface area (Å²) in [4.78, 5) is 0. The molecule has 1 nitrogen and oxygen atoms in total. The molecule has 1 aromatic rings. The number of benzene rings is 1. The topological polar surface area (TPSA) is 26.0 Å². The number of hydrogen-bond donors (Lipinski definition) is 1. The first-order valence-corrected chi connectivity index (χ1v) is 6.63. The quantitative estimate of drug-likeness (QED) is 0.851. The molecule has 0 unspecified atom stereocenters. The molecule has 0 spiro atoms. The lowest BCUT2D eigenvalue weighted by atomic mass is 9.64. The van der Waals surface area contributed by atoms with Crippen LogP contribution < -0.4 is 5.73 Å². The van der Waals surface area contributed by atoms with Gasteiger partial charge in [0.05, 0.1) is 0 Å². The summed E-state index contributed by atoms with van der Waals surface area (Å²) in [5.41, 5.74) is 8.86. The molecule has 0 aliphatic heterocycles. The van der Waals surface area contributed by atoms with Gasteiger partial charge in [0.2, 0.25) is 0 Å². The lowest BCUT2D eigenvalue weighted by Gasteiger charge is -2.41. The molecule has 3 rings (SSSR count). The Bertz CT molecular complexity index is 400. The van der Waals surface area contributed by atoms with Crippen molar-refractivity contribution in [3.8, 4) is 0 Å². The van der Waals surface area contributed by atoms with Crippen LogP contribution >= 0.6 is 11.6 Å². The minimum atomic E-state index is 0.242. The van der Waals surface area contributed by atoms with Gasteiger partial charge in [-0.1, -0.05) is 30.2 Å². The first-order valence-electron chi connectivity index (χ1n) is 6.25. The Morgan fingerprint density at radius 3 is 2.50 bits per heavy atom. The van der Waals surface area contributed by atoms with Crippen molar-refractivity contribution >= 4 is 11.6 Å². The molecule has 0 saturated heterocycles. The van der Waals surface area contributed by atoms with Gasteiger partial charge in [0.1, 0.15) is 0 Å². The van der Waals surface area contributed by atoms with Gasteiger partial charge < -0.3 is 5.73 Å². The van der Waals surface area contributed by atoms with E-state index < -0.39 is 0 Å². The lowest BCUT2D eigenvalue weighted by Crippen LogP contribution is -2.41. The Balaban J connectivity index is 1.93. The molecule has 86 valence electrons. The summed E-state index contributed by atoms with van der Waals surface area (Å²) in [7, 11) is 0. The molecule has 0 radical (unpaired) electrons. The molecule has 1 aromatic carbocycles. The van der Waals surface area contributed by atoms with E-state index in [1.165, 1.54) is 43.2 Å². The fourth-order valence-electron chi connectivity index (χ4n) is 2.80. The van der Waals surface area contributed by atoms with Crippen LogP contribution in [0.1, 0.15) is 49.1 Å². The van der Waals surface area contributed by atoms with E-state index in [4.69, 9.17) is 17.3 Å². The van der Waals surface area contributed by atoms with Crippen molar-refractivity contribution in [1.29, 1.82) is 0 Å². The van der Waals surface area contributed by atoms with E-state index in [0.29, 0.717) is 0 Å². The first-order chi connectivity index (χ1) is 7.75. The Kier molecular flexibility index (Phi) is 2.49. The van der Waals surface area contributed by atoms with Crippen LogP contribution in [0.4, 0.5) is 0 Å². The zero-order valence-corrected chi connectivity index (χ0v) is 10.3. The summed E-state index contributed by atoms with van der Waals surface area (Å²) < 4.78 is 0. The third kappa shape index (κ3) is 1.57. The molecule has 0 bridgehead atoms. The highest BCUT2D eigenvalue weighted by atomic mass is 35.5. The Morgan fingerprint density at radius 2 is 2.06 bits per heavy atom. The zero-order chi connectivity index (χ0) is 11.2. The predicted molar refractivity (Wildman–Crippen MR) is 68.0 cm³/mol. The third-order valence-electron chi connectivity index (χ3n) is 4.33. The summed E-state index contributed by atoms with van der Waals surface area (Å²) >= 11 is 6.37. The van der Waals surface area contributed by atoms with Crippen LogP contribution in [0.3, 0.4) is 0 Å². The maximum absolute atomic E-state index is 6.37. The Hall–Kier alpha value is -0.530. The smallest absolute Gasteiger partial charge is 0.0443 e. The van der Waals surface area contributed by atoms with E-state index in [1.54, 1.807) is 0 Å². The maximum Gasteiger partial charge on any atom is 0.0443 e. The summed E-state index contributed by atoms with van der Waals surface area (Å²) in [6.45, 7) is 0.756. The predicted octanol–water partition coefficient (Wildman–Crippen LogP) is 3.60. The molecule has 2 saturated carbocycles. The van der Waals surface area contributed by atoms with Gasteiger partial charge in [0, 0.05) is 17.0 Å². The third-order valence-corrected chi connectivity index (χ3v) is 4.66. The molecule has 2 aliphatic rings. The molecule has 2 aliphatic carbocycles. The van der Waals surface area contributed by atoms with E-state index in [0.717, 1.165) is 17.5 Å².